The SMILES string of the molecule is Cc1ncsc1CNC1CCC(CO)CC1. The molecule has 0 amide bonds. The van der Waals surface area contributed by atoms with Crippen LogP contribution in [0.5, 0.6) is 0 Å². The van der Waals surface area contributed by atoms with Crippen LogP contribution in [0.25, 0.3) is 0 Å². The third kappa shape index (κ3) is 3.03. The lowest BCUT2D eigenvalue weighted by Gasteiger charge is -2.27. The Labute approximate surface area is 101 Å². The molecule has 0 atom stereocenters. The standard InChI is InChI=1S/C12H20N2OS/c1-9-12(16-8-14-9)6-13-11-4-2-10(7-15)3-5-11/h8,10-11,13,15H,2-7H2,1H3. The molecule has 0 spiro atoms. The van der Waals surface area contributed by atoms with Crippen molar-refractivity contribution in [2.75, 3.05) is 6.61 Å². The predicted octanol–water partition coefficient (Wildman–Crippen LogP) is 2.09. The average molecular weight is 240 g/mol. The number of aliphatic hydroxyl groups is 1. The lowest BCUT2D eigenvalue weighted by atomic mass is 9.86. The van der Waals surface area contributed by atoms with Gasteiger partial charge in [0.25, 0.3) is 0 Å². The monoisotopic (exact) mass is 240 g/mol. The summed E-state index contributed by atoms with van der Waals surface area (Å²) in [7, 11) is 0. The number of nitrogens with one attached hydrogen (secondary N) is 1. The Morgan fingerprint density at radius 2 is 2.19 bits per heavy atom. The topological polar surface area (TPSA) is 45.2 Å². The zero-order valence-electron chi connectivity index (χ0n) is 9.78. The van der Waals surface area contributed by atoms with E-state index >= 15 is 0 Å². The minimum atomic E-state index is 0.362. The van der Waals surface area contributed by atoms with E-state index in [-0.39, 0.29) is 0 Å². The van der Waals surface area contributed by atoms with Crippen LogP contribution >= 0.6 is 11.3 Å². The Balaban J connectivity index is 1.73. The highest BCUT2D eigenvalue weighted by molar-refractivity contribution is 7.09. The van der Waals surface area contributed by atoms with Crippen LogP contribution in [-0.2, 0) is 6.54 Å². The number of aryl methyl sites for hydroxylation is 1. The van der Waals surface area contributed by atoms with Crippen LogP contribution < -0.4 is 5.32 Å². The summed E-state index contributed by atoms with van der Waals surface area (Å²) in [5, 5.41) is 12.7. The fraction of sp³-hybridized carbons (Fsp3) is 0.750. The molecule has 2 N–H and O–H groups in total. The number of aromatic nitrogens is 1. The van der Waals surface area contributed by atoms with Crippen molar-refractivity contribution in [3.63, 3.8) is 0 Å². The molecule has 1 heterocycles. The molecule has 0 aromatic carbocycles. The number of hydrogen-bond donors (Lipinski definition) is 2. The Kier molecular flexibility index (Phi) is 4.32. The van der Waals surface area contributed by atoms with E-state index in [1.165, 1.54) is 17.7 Å². The first-order valence-corrected chi connectivity index (χ1v) is 6.90. The van der Waals surface area contributed by atoms with E-state index < -0.39 is 0 Å². The number of thiazole rings is 1. The number of rotatable bonds is 4. The summed E-state index contributed by atoms with van der Waals surface area (Å²) < 4.78 is 0. The fourth-order valence-corrected chi connectivity index (χ4v) is 3.01. The van der Waals surface area contributed by atoms with Crippen molar-refractivity contribution in [2.45, 2.75) is 45.2 Å². The van der Waals surface area contributed by atoms with Gasteiger partial charge in [0.2, 0.25) is 0 Å². The average Bonchev–Trinajstić information content (AvgIpc) is 2.73. The van der Waals surface area contributed by atoms with E-state index in [0.717, 1.165) is 25.1 Å². The lowest BCUT2D eigenvalue weighted by Crippen LogP contribution is -2.33. The predicted molar refractivity (Wildman–Crippen MR) is 66.5 cm³/mol. The van der Waals surface area contributed by atoms with Crippen molar-refractivity contribution < 1.29 is 5.11 Å². The summed E-state index contributed by atoms with van der Waals surface area (Å²) in [4.78, 5) is 5.60. The highest BCUT2D eigenvalue weighted by Crippen LogP contribution is 2.24. The number of aliphatic hydroxyl groups excluding tert-OH is 1. The molecule has 3 nitrogen and oxygen atoms in total. The minimum Gasteiger partial charge on any atom is -0.396 e. The Bertz CT molecular complexity index is 319. The third-order valence-corrected chi connectivity index (χ3v) is 4.44. The highest BCUT2D eigenvalue weighted by atomic mass is 32.1. The van der Waals surface area contributed by atoms with Gasteiger partial charge >= 0.3 is 0 Å². The summed E-state index contributed by atoms with van der Waals surface area (Å²) in [5.41, 5.74) is 3.07. The van der Waals surface area contributed by atoms with Crippen LogP contribution in [0.15, 0.2) is 5.51 Å². The first kappa shape index (κ1) is 12.0. The van der Waals surface area contributed by atoms with Crippen molar-refractivity contribution in [3.05, 3.63) is 16.1 Å². The van der Waals surface area contributed by atoms with Gasteiger partial charge in [0, 0.05) is 24.1 Å². The van der Waals surface area contributed by atoms with E-state index in [4.69, 9.17) is 5.11 Å². The summed E-state index contributed by atoms with van der Waals surface area (Å²) in [5.74, 6) is 0.545. The van der Waals surface area contributed by atoms with E-state index in [1.807, 2.05) is 5.51 Å². The van der Waals surface area contributed by atoms with Gasteiger partial charge in [0.15, 0.2) is 0 Å². The molecule has 1 aromatic heterocycles. The highest BCUT2D eigenvalue weighted by Gasteiger charge is 2.20. The molecule has 0 bridgehead atoms. The molecule has 1 saturated carbocycles. The Hall–Kier alpha value is -0.450. The molecule has 0 aliphatic heterocycles. The van der Waals surface area contributed by atoms with Crippen LogP contribution in [0.1, 0.15) is 36.3 Å². The first-order chi connectivity index (χ1) is 7.79. The van der Waals surface area contributed by atoms with Gasteiger partial charge in [-0.25, -0.2) is 4.98 Å². The first-order valence-electron chi connectivity index (χ1n) is 6.02. The largest absolute Gasteiger partial charge is 0.396 e. The summed E-state index contributed by atoms with van der Waals surface area (Å²) in [6.07, 6.45) is 4.72. The van der Waals surface area contributed by atoms with Crippen LogP contribution in [0.2, 0.25) is 0 Å². The summed E-state index contributed by atoms with van der Waals surface area (Å²) in [6.45, 7) is 3.38. The lowest BCUT2D eigenvalue weighted by molar-refractivity contribution is 0.175. The maximum absolute atomic E-state index is 9.07. The Morgan fingerprint density at radius 3 is 2.75 bits per heavy atom. The van der Waals surface area contributed by atoms with E-state index in [1.54, 1.807) is 11.3 Å². The van der Waals surface area contributed by atoms with Gasteiger partial charge in [-0.2, -0.15) is 0 Å². The van der Waals surface area contributed by atoms with Gasteiger partial charge in [-0.15, -0.1) is 11.3 Å². The van der Waals surface area contributed by atoms with Crippen molar-refractivity contribution in [1.82, 2.24) is 10.3 Å². The van der Waals surface area contributed by atoms with E-state index in [2.05, 4.69) is 17.2 Å². The fourth-order valence-electron chi connectivity index (χ4n) is 2.28. The van der Waals surface area contributed by atoms with Crippen LogP contribution in [0, 0.1) is 12.8 Å². The van der Waals surface area contributed by atoms with Gasteiger partial charge in [-0.05, 0) is 38.5 Å². The second-order valence-corrected chi connectivity index (χ2v) is 5.58. The van der Waals surface area contributed by atoms with Crippen molar-refractivity contribution in [3.8, 4) is 0 Å². The molecule has 0 saturated heterocycles. The van der Waals surface area contributed by atoms with Gasteiger partial charge in [-0.3, -0.25) is 0 Å². The molecule has 16 heavy (non-hydrogen) atoms. The molecular formula is C12H20N2OS. The molecular weight excluding hydrogens is 220 g/mol. The quantitative estimate of drug-likeness (QED) is 0.847. The van der Waals surface area contributed by atoms with Crippen molar-refractivity contribution in [2.24, 2.45) is 5.92 Å². The van der Waals surface area contributed by atoms with Crippen LogP contribution in [-0.4, -0.2) is 22.7 Å². The summed E-state index contributed by atoms with van der Waals surface area (Å²) >= 11 is 1.73. The normalized spacial score (nSPS) is 25.9. The maximum Gasteiger partial charge on any atom is 0.0798 e. The molecule has 0 radical (unpaired) electrons. The van der Waals surface area contributed by atoms with Crippen molar-refractivity contribution >= 4 is 11.3 Å². The molecule has 1 aromatic rings. The Morgan fingerprint density at radius 1 is 1.44 bits per heavy atom. The molecule has 1 fully saturated rings. The van der Waals surface area contributed by atoms with Crippen molar-refractivity contribution in [1.29, 1.82) is 0 Å². The van der Waals surface area contributed by atoms with Gasteiger partial charge in [0.05, 0.1) is 11.2 Å². The van der Waals surface area contributed by atoms with Crippen LogP contribution in [0.4, 0.5) is 0 Å². The van der Waals surface area contributed by atoms with E-state index in [0.29, 0.717) is 18.6 Å². The second kappa shape index (κ2) is 5.75. The second-order valence-electron chi connectivity index (χ2n) is 4.64. The maximum atomic E-state index is 9.07. The zero-order chi connectivity index (χ0) is 11.4. The molecule has 1 aliphatic rings. The molecule has 4 heteroatoms. The number of hydrogen-bond acceptors (Lipinski definition) is 4. The van der Waals surface area contributed by atoms with Crippen LogP contribution in [0.3, 0.4) is 0 Å². The van der Waals surface area contributed by atoms with Gasteiger partial charge in [-0.1, -0.05) is 0 Å². The summed E-state index contributed by atoms with van der Waals surface area (Å²) in [6, 6.07) is 0.629. The van der Waals surface area contributed by atoms with E-state index in [9.17, 15) is 0 Å². The molecule has 0 unspecified atom stereocenters. The smallest absolute Gasteiger partial charge is 0.0798 e. The minimum absolute atomic E-state index is 0.362. The number of nitrogens with zero attached hydrogens (tertiary/aromatic N) is 1. The zero-order valence-corrected chi connectivity index (χ0v) is 10.6. The third-order valence-electron chi connectivity index (χ3n) is 3.50. The van der Waals surface area contributed by atoms with Gasteiger partial charge < -0.3 is 10.4 Å². The van der Waals surface area contributed by atoms with Gasteiger partial charge in [0.1, 0.15) is 0 Å². The molecule has 90 valence electrons. The molecule has 2 rings (SSSR count). The molecule has 1 aliphatic carbocycles.